The van der Waals surface area contributed by atoms with Crippen molar-refractivity contribution in [2.45, 2.75) is 26.7 Å². The van der Waals surface area contributed by atoms with Gasteiger partial charge in [0, 0.05) is 47.8 Å². The molecule has 1 fully saturated rings. The molecule has 1 saturated heterocycles. The SMILES string of the molecule is Cc1nc(-c2ccc(C(=O)N3CCC(C(=O)Nc4ccc(C)c(Cl)c4)CC3)cc2)no1. The molecule has 4 rings (SSSR count). The van der Waals surface area contributed by atoms with Crippen molar-refractivity contribution >= 4 is 29.1 Å². The van der Waals surface area contributed by atoms with Crippen LogP contribution in [0.3, 0.4) is 0 Å². The van der Waals surface area contributed by atoms with E-state index in [4.69, 9.17) is 16.1 Å². The zero-order valence-corrected chi connectivity index (χ0v) is 18.1. The molecule has 0 saturated carbocycles. The van der Waals surface area contributed by atoms with E-state index in [1.807, 2.05) is 31.2 Å². The van der Waals surface area contributed by atoms with Crippen molar-refractivity contribution in [3.8, 4) is 11.4 Å². The molecule has 7 nitrogen and oxygen atoms in total. The molecular formula is C23H23ClN4O3. The number of carbonyl (C=O) groups is 2. The zero-order chi connectivity index (χ0) is 22.0. The molecular weight excluding hydrogens is 416 g/mol. The second-order valence-electron chi connectivity index (χ2n) is 7.73. The van der Waals surface area contributed by atoms with Gasteiger partial charge in [0.1, 0.15) is 0 Å². The number of piperidine rings is 1. The van der Waals surface area contributed by atoms with E-state index in [1.165, 1.54) is 0 Å². The van der Waals surface area contributed by atoms with Crippen LogP contribution in [-0.4, -0.2) is 39.9 Å². The number of anilines is 1. The van der Waals surface area contributed by atoms with Gasteiger partial charge in [-0.2, -0.15) is 4.98 Å². The summed E-state index contributed by atoms with van der Waals surface area (Å²) in [6.07, 6.45) is 1.24. The lowest BCUT2D eigenvalue weighted by atomic mass is 9.95. The molecule has 160 valence electrons. The Morgan fingerprint density at radius 1 is 1.10 bits per heavy atom. The van der Waals surface area contributed by atoms with Gasteiger partial charge < -0.3 is 14.7 Å². The molecule has 2 heterocycles. The van der Waals surface area contributed by atoms with Crippen LogP contribution in [0.25, 0.3) is 11.4 Å². The summed E-state index contributed by atoms with van der Waals surface area (Å²) in [4.78, 5) is 31.4. The van der Waals surface area contributed by atoms with Gasteiger partial charge in [-0.05, 0) is 49.6 Å². The van der Waals surface area contributed by atoms with E-state index >= 15 is 0 Å². The van der Waals surface area contributed by atoms with Gasteiger partial charge in [-0.15, -0.1) is 0 Å². The molecule has 8 heteroatoms. The van der Waals surface area contributed by atoms with E-state index in [2.05, 4.69) is 15.5 Å². The van der Waals surface area contributed by atoms with Gasteiger partial charge >= 0.3 is 0 Å². The van der Waals surface area contributed by atoms with E-state index < -0.39 is 0 Å². The van der Waals surface area contributed by atoms with Crippen molar-refractivity contribution in [2.24, 2.45) is 5.92 Å². The predicted molar refractivity (Wildman–Crippen MR) is 118 cm³/mol. The fourth-order valence-electron chi connectivity index (χ4n) is 3.62. The van der Waals surface area contributed by atoms with E-state index in [1.54, 1.807) is 30.0 Å². The maximum absolute atomic E-state index is 12.8. The Balaban J connectivity index is 1.33. The van der Waals surface area contributed by atoms with Crippen molar-refractivity contribution in [1.29, 1.82) is 0 Å². The Hall–Kier alpha value is -3.19. The second-order valence-corrected chi connectivity index (χ2v) is 8.14. The number of benzene rings is 2. The van der Waals surface area contributed by atoms with Crippen LogP contribution in [0.15, 0.2) is 47.0 Å². The van der Waals surface area contributed by atoms with Crippen molar-refractivity contribution in [1.82, 2.24) is 15.0 Å². The Morgan fingerprint density at radius 3 is 2.42 bits per heavy atom. The number of nitrogens with one attached hydrogen (secondary N) is 1. The van der Waals surface area contributed by atoms with E-state index in [-0.39, 0.29) is 17.7 Å². The minimum Gasteiger partial charge on any atom is -0.339 e. The smallest absolute Gasteiger partial charge is 0.253 e. The third-order valence-electron chi connectivity index (χ3n) is 5.51. The third kappa shape index (κ3) is 4.77. The van der Waals surface area contributed by atoms with Crippen LogP contribution in [0.2, 0.25) is 5.02 Å². The highest BCUT2D eigenvalue weighted by Gasteiger charge is 2.28. The highest BCUT2D eigenvalue weighted by molar-refractivity contribution is 6.31. The van der Waals surface area contributed by atoms with Gasteiger partial charge in [-0.25, -0.2) is 0 Å². The molecule has 3 aromatic rings. The zero-order valence-electron chi connectivity index (χ0n) is 17.4. The maximum Gasteiger partial charge on any atom is 0.253 e. The summed E-state index contributed by atoms with van der Waals surface area (Å²) < 4.78 is 4.99. The first-order chi connectivity index (χ1) is 14.9. The molecule has 1 aliphatic rings. The Morgan fingerprint density at radius 2 is 1.81 bits per heavy atom. The topological polar surface area (TPSA) is 88.3 Å². The van der Waals surface area contributed by atoms with Crippen molar-refractivity contribution in [2.75, 3.05) is 18.4 Å². The van der Waals surface area contributed by atoms with E-state index in [0.717, 1.165) is 11.1 Å². The molecule has 1 aliphatic heterocycles. The summed E-state index contributed by atoms with van der Waals surface area (Å²) >= 11 is 6.13. The first-order valence-electron chi connectivity index (χ1n) is 10.2. The summed E-state index contributed by atoms with van der Waals surface area (Å²) in [5.74, 6) is 0.783. The summed E-state index contributed by atoms with van der Waals surface area (Å²) in [6.45, 7) is 4.73. The van der Waals surface area contributed by atoms with Gasteiger partial charge in [0.15, 0.2) is 0 Å². The molecule has 0 spiro atoms. The molecule has 2 aromatic carbocycles. The Bertz CT molecular complexity index is 1100. The van der Waals surface area contributed by atoms with Gasteiger partial charge in [0.25, 0.3) is 5.91 Å². The number of hydrogen-bond acceptors (Lipinski definition) is 5. The minimum absolute atomic E-state index is 0.0354. The largest absolute Gasteiger partial charge is 0.339 e. The molecule has 1 aromatic heterocycles. The first kappa shape index (κ1) is 21.1. The average molecular weight is 439 g/mol. The third-order valence-corrected chi connectivity index (χ3v) is 5.92. The van der Waals surface area contributed by atoms with E-state index in [9.17, 15) is 9.59 Å². The highest BCUT2D eigenvalue weighted by atomic mass is 35.5. The summed E-state index contributed by atoms with van der Waals surface area (Å²) in [6, 6.07) is 12.6. The lowest BCUT2D eigenvalue weighted by Crippen LogP contribution is -2.41. The Kier molecular flexibility index (Phi) is 6.04. The molecule has 1 N–H and O–H groups in total. The fourth-order valence-corrected chi connectivity index (χ4v) is 3.80. The number of rotatable bonds is 4. The van der Waals surface area contributed by atoms with Gasteiger partial charge in [-0.1, -0.05) is 35.0 Å². The lowest BCUT2D eigenvalue weighted by Gasteiger charge is -2.31. The van der Waals surface area contributed by atoms with E-state index in [0.29, 0.717) is 53.9 Å². The number of aromatic nitrogens is 2. The van der Waals surface area contributed by atoms with Crippen LogP contribution in [0.5, 0.6) is 0 Å². The van der Waals surface area contributed by atoms with Gasteiger partial charge in [-0.3, -0.25) is 9.59 Å². The molecule has 31 heavy (non-hydrogen) atoms. The highest BCUT2D eigenvalue weighted by Crippen LogP contribution is 2.24. The van der Waals surface area contributed by atoms with Crippen LogP contribution in [0.1, 0.15) is 34.7 Å². The molecule has 2 amide bonds. The second kappa shape index (κ2) is 8.89. The van der Waals surface area contributed by atoms with Gasteiger partial charge in [0.2, 0.25) is 17.6 Å². The molecule has 0 atom stereocenters. The van der Waals surface area contributed by atoms with Gasteiger partial charge in [0.05, 0.1) is 0 Å². The number of amides is 2. The number of carbonyl (C=O) groups excluding carboxylic acids is 2. The first-order valence-corrected chi connectivity index (χ1v) is 10.6. The Labute approximate surface area is 185 Å². The van der Waals surface area contributed by atoms with Crippen LogP contribution in [-0.2, 0) is 4.79 Å². The van der Waals surface area contributed by atoms with Crippen LogP contribution < -0.4 is 5.32 Å². The molecule has 0 bridgehead atoms. The molecule has 0 unspecified atom stereocenters. The maximum atomic E-state index is 12.8. The number of halogens is 1. The van der Waals surface area contributed by atoms with Crippen LogP contribution >= 0.6 is 11.6 Å². The van der Waals surface area contributed by atoms with Crippen molar-refractivity contribution in [3.63, 3.8) is 0 Å². The van der Waals surface area contributed by atoms with Crippen molar-refractivity contribution in [3.05, 3.63) is 64.5 Å². The summed E-state index contributed by atoms with van der Waals surface area (Å²) in [5.41, 5.74) is 3.05. The summed E-state index contributed by atoms with van der Waals surface area (Å²) in [5, 5.41) is 7.44. The normalized spacial score (nSPS) is 14.5. The minimum atomic E-state index is -0.131. The lowest BCUT2D eigenvalue weighted by molar-refractivity contribution is -0.121. The number of nitrogens with zero attached hydrogens (tertiary/aromatic N) is 3. The number of likely N-dealkylation sites (tertiary alicyclic amines) is 1. The van der Waals surface area contributed by atoms with Crippen molar-refractivity contribution < 1.29 is 14.1 Å². The average Bonchev–Trinajstić information content (AvgIpc) is 3.22. The fraction of sp³-hybridized carbons (Fsp3) is 0.304. The quantitative estimate of drug-likeness (QED) is 0.648. The molecule has 0 radical (unpaired) electrons. The summed E-state index contributed by atoms with van der Waals surface area (Å²) in [7, 11) is 0. The number of aryl methyl sites for hydroxylation is 2. The number of hydrogen-bond donors (Lipinski definition) is 1. The van der Waals surface area contributed by atoms with Crippen LogP contribution in [0, 0.1) is 19.8 Å². The predicted octanol–water partition coefficient (Wildman–Crippen LogP) is 4.50. The monoisotopic (exact) mass is 438 g/mol. The molecule has 0 aliphatic carbocycles. The standard InChI is InChI=1S/C23H23ClN4O3/c1-14-3-8-19(13-20(14)24)26-22(29)17-9-11-28(12-10-17)23(30)18-6-4-16(5-7-18)21-25-15(2)31-27-21/h3-8,13,17H,9-12H2,1-2H3,(H,26,29). The van der Waals surface area contributed by atoms with Crippen LogP contribution in [0.4, 0.5) is 5.69 Å².